The third kappa shape index (κ3) is 3.11. The molecule has 0 saturated heterocycles. The van der Waals surface area contributed by atoms with Crippen molar-refractivity contribution in [2.75, 3.05) is 0 Å². The van der Waals surface area contributed by atoms with E-state index >= 15 is 0 Å². The van der Waals surface area contributed by atoms with Crippen molar-refractivity contribution in [3.8, 4) is 5.75 Å². The van der Waals surface area contributed by atoms with Gasteiger partial charge in [0.05, 0.1) is 6.10 Å². The first-order valence-electron chi connectivity index (χ1n) is 4.21. The van der Waals surface area contributed by atoms with Gasteiger partial charge >= 0.3 is 0 Å². The SMILES string of the molecule is C=Cc1cc(Cl)cc(OC(C)C)c1. The first-order valence-corrected chi connectivity index (χ1v) is 4.59. The van der Waals surface area contributed by atoms with Crippen molar-refractivity contribution >= 4 is 17.7 Å². The van der Waals surface area contributed by atoms with Gasteiger partial charge in [-0.1, -0.05) is 24.3 Å². The Morgan fingerprint density at radius 1 is 1.38 bits per heavy atom. The molecule has 13 heavy (non-hydrogen) atoms. The first-order chi connectivity index (χ1) is 6.11. The topological polar surface area (TPSA) is 9.23 Å². The monoisotopic (exact) mass is 196 g/mol. The summed E-state index contributed by atoms with van der Waals surface area (Å²) in [4.78, 5) is 0. The zero-order valence-corrected chi connectivity index (χ0v) is 8.64. The van der Waals surface area contributed by atoms with Crippen LogP contribution >= 0.6 is 11.6 Å². The molecule has 0 aromatic heterocycles. The summed E-state index contributed by atoms with van der Waals surface area (Å²) in [5.41, 5.74) is 0.975. The van der Waals surface area contributed by atoms with Crippen molar-refractivity contribution in [1.29, 1.82) is 0 Å². The van der Waals surface area contributed by atoms with Crippen LogP contribution in [0.4, 0.5) is 0 Å². The van der Waals surface area contributed by atoms with Crippen LogP contribution in [0.3, 0.4) is 0 Å². The number of rotatable bonds is 3. The lowest BCUT2D eigenvalue weighted by Crippen LogP contribution is -2.05. The quantitative estimate of drug-likeness (QED) is 0.715. The Morgan fingerprint density at radius 2 is 2.08 bits per heavy atom. The van der Waals surface area contributed by atoms with Gasteiger partial charge in [0, 0.05) is 5.02 Å². The maximum Gasteiger partial charge on any atom is 0.121 e. The van der Waals surface area contributed by atoms with E-state index in [1.54, 1.807) is 12.1 Å². The standard InChI is InChI=1S/C11H13ClO/c1-4-9-5-10(12)7-11(6-9)13-8(2)3/h4-8H,1H2,2-3H3. The van der Waals surface area contributed by atoms with E-state index in [-0.39, 0.29) is 6.10 Å². The van der Waals surface area contributed by atoms with Crippen LogP contribution in [0, 0.1) is 0 Å². The molecule has 1 aromatic carbocycles. The van der Waals surface area contributed by atoms with E-state index in [9.17, 15) is 0 Å². The highest BCUT2D eigenvalue weighted by Crippen LogP contribution is 2.22. The molecular formula is C11H13ClO. The second-order valence-corrected chi connectivity index (χ2v) is 3.53. The highest BCUT2D eigenvalue weighted by Gasteiger charge is 2.00. The maximum absolute atomic E-state index is 5.88. The van der Waals surface area contributed by atoms with E-state index in [2.05, 4.69) is 6.58 Å². The molecule has 70 valence electrons. The molecule has 0 aliphatic rings. The van der Waals surface area contributed by atoms with Gasteiger partial charge in [-0.3, -0.25) is 0 Å². The average Bonchev–Trinajstić information content (AvgIpc) is 2.01. The lowest BCUT2D eigenvalue weighted by Gasteiger charge is -2.10. The van der Waals surface area contributed by atoms with Crippen molar-refractivity contribution in [2.45, 2.75) is 20.0 Å². The van der Waals surface area contributed by atoms with Gasteiger partial charge in [-0.25, -0.2) is 0 Å². The molecule has 0 aliphatic heterocycles. The molecule has 0 unspecified atom stereocenters. The largest absolute Gasteiger partial charge is 0.491 e. The summed E-state index contributed by atoms with van der Waals surface area (Å²) in [6.45, 7) is 7.64. The zero-order valence-electron chi connectivity index (χ0n) is 7.88. The van der Waals surface area contributed by atoms with Crippen LogP contribution in [0.2, 0.25) is 5.02 Å². The number of halogens is 1. The molecular weight excluding hydrogens is 184 g/mol. The summed E-state index contributed by atoms with van der Waals surface area (Å²) in [6, 6.07) is 5.56. The minimum Gasteiger partial charge on any atom is -0.491 e. The highest BCUT2D eigenvalue weighted by atomic mass is 35.5. The van der Waals surface area contributed by atoms with Crippen LogP contribution in [0.25, 0.3) is 6.08 Å². The fourth-order valence-electron chi connectivity index (χ4n) is 1.04. The Kier molecular flexibility index (Phi) is 3.38. The Balaban J connectivity index is 2.94. The van der Waals surface area contributed by atoms with E-state index in [0.717, 1.165) is 11.3 Å². The van der Waals surface area contributed by atoms with Crippen LogP contribution in [0.15, 0.2) is 24.8 Å². The van der Waals surface area contributed by atoms with Crippen LogP contribution in [-0.2, 0) is 0 Å². The fourth-order valence-corrected chi connectivity index (χ4v) is 1.28. The van der Waals surface area contributed by atoms with Gasteiger partial charge in [-0.2, -0.15) is 0 Å². The molecule has 1 aromatic rings. The average molecular weight is 197 g/mol. The lowest BCUT2D eigenvalue weighted by molar-refractivity contribution is 0.242. The van der Waals surface area contributed by atoms with E-state index < -0.39 is 0 Å². The second-order valence-electron chi connectivity index (χ2n) is 3.09. The molecule has 0 radical (unpaired) electrons. The third-order valence-electron chi connectivity index (χ3n) is 1.50. The molecule has 0 fully saturated rings. The van der Waals surface area contributed by atoms with Crippen molar-refractivity contribution in [3.63, 3.8) is 0 Å². The Morgan fingerprint density at radius 3 is 2.62 bits per heavy atom. The molecule has 0 atom stereocenters. The molecule has 2 heteroatoms. The van der Waals surface area contributed by atoms with Crippen LogP contribution in [0.1, 0.15) is 19.4 Å². The maximum atomic E-state index is 5.88. The first kappa shape index (κ1) is 10.1. The van der Waals surface area contributed by atoms with E-state index in [1.165, 1.54) is 0 Å². The lowest BCUT2D eigenvalue weighted by atomic mass is 10.2. The molecule has 0 amide bonds. The molecule has 0 heterocycles. The summed E-state index contributed by atoms with van der Waals surface area (Å²) in [7, 11) is 0. The van der Waals surface area contributed by atoms with Crippen molar-refractivity contribution in [3.05, 3.63) is 35.4 Å². The third-order valence-corrected chi connectivity index (χ3v) is 1.72. The van der Waals surface area contributed by atoms with Gasteiger partial charge in [-0.15, -0.1) is 0 Å². The Labute approximate surface area is 84.0 Å². The summed E-state index contributed by atoms with van der Waals surface area (Å²) < 4.78 is 5.51. The van der Waals surface area contributed by atoms with Crippen molar-refractivity contribution in [1.82, 2.24) is 0 Å². The van der Waals surface area contributed by atoms with Gasteiger partial charge in [0.2, 0.25) is 0 Å². The highest BCUT2D eigenvalue weighted by molar-refractivity contribution is 6.30. The van der Waals surface area contributed by atoms with Gasteiger partial charge in [0.1, 0.15) is 5.75 Å². The minimum atomic E-state index is 0.163. The van der Waals surface area contributed by atoms with Gasteiger partial charge in [0.25, 0.3) is 0 Å². The predicted molar refractivity (Wildman–Crippen MR) is 57.3 cm³/mol. The van der Waals surface area contributed by atoms with E-state index in [1.807, 2.05) is 26.0 Å². The summed E-state index contributed by atoms with van der Waals surface area (Å²) in [5, 5.41) is 0.674. The van der Waals surface area contributed by atoms with Gasteiger partial charge < -0.3 is 4.74 Å². The molecule has 0 aliphatic carbocycles. The number of hydrogen-bond acceptors (Lipinski definition) is 1. The molecule has 0 N–H and O–H groups in total. The van der Waals surface area contributed by atoms with Gasteiger partial charge in [0.15, 0.2) is 0 Å². The van der Waals surface area contributed by atoms with Crippen molar-refractivity contribution in [2.24, 2.45) is 0 Å². The number of benzene rings is 1. The fraction of sp³-hybridized carbons (Fsp3) is 0.273. The molecule has 1 nitrogen and oxygen atoms in total. The summed E-state index contributed by atoms with van der Waals surface area (Å²) in [5.74, 6) is 0.789. The number of hydrogen-bond donors (Lipinski definition) is 0. The molecule has 0 spiro atoms. The minimum absolute atomic E-state index is 0.163. The van der Waals surface area contributed by atoms with E-state index in [0.29, 0.717) is 5.02 Å². The normalized spacial score (nSPS) is 10.2. The van der Waals surface area contributed by atoms with E-state index in [4.69, 9.17) is 16.3 Å². The van der Waals surface area contributed by atoms with Gasteiger partial charge in [-0.05, 0) is 37.6 Å². The molecule has 1 rings (SSSR count). The van der Waals surface area contributed by atoms with Crippen LogP contribution in [-0.4, -0.2) is 6.10 Å². The van der Waals surface area contributed by atoms with Crippen molar-refractivity contribution < 1.29 is 4.74 Å². The van der Waals surface area contributed by atoms with Crippen LogP contribution < -0.4 is 4.74 Å². The smallest absolute Gasteiger partial charge is 0.121 e. The Bertz CT molecular complexity index is 305. The second kappa shape index (κ2) is 4.33. The summed E-state index contributed by atoms with van der Waals surface area (Å²) in [6.07, 6.45) is 1.91. The number of ether oxygens (including phenoxy) is 1. The zero-order chi connectivity index (χ0) is 9.84. The summed E-state index contributed by atoms with van der Waals surface area (Å²) >= 11 is 5.88. The Hall–Kier alpha value is -0.950. The predicted octanol–water partition coefficient (Wildman–Crippen LogP) is 3.77. The molecule has 0 bridgehead atoms. The van der Waals surface area contributed by atoms with Crippen LogP contribution in [0.5, 0.6) is 5.75 Å². The molecule has 0 saturated carbocycles.